The lowest BCUT2D eigenvalue weighted by Crippen LogP contribution is -1.86. The second-order valence-corrected chi connectivity index (χ2v) is 5.08. The van der Waals surface area contributed by atoms with Gasteiger partial charge in [0.25, 0.3) is 5.69 Å². The molecule has 0 saturated heterocycles. The SMILES string of the molecule is O=[N+]([O-])c1ccc2nc(-c3cc(-c4ccccc4)n[nH]3)[nH]c2c1. The van der Waals surface area contributed by atoms with Gasteiger partial charge in [-0.15, -0.1) is 0 Å². The number of benzene rings is 2. The second-order valence-electron chi connectivity index (χ2n) is 5.08. The number of nitro benzene ring substituents is 1. The summed E-state index contributed by atoms with van der Waals surface area (Å²) in [5, 5.41) is 18.1. The van der Waals surface area contributed by atoms with Gasteiger partial charge < -0.3 is 4.98 Å². The summed E-state index contributed by atoms with van der Waals surface area (Å²) in [7, 11) is 0. The molecule has 0 radical (unpaired) electrons. The summed E-state index contributed by atoms with van der Waals surface area (Å²) in [5.41, 5.74) is 3.85. The van der Waals surface area contributed by atoms with Crippen molar-refractivity contribution in [2.45, 2.75) is 0 Å². The van der Waals surface area contributed by atoms with E-state index in [1.807, 2.05) is 36.4 Å². The standard InChI is InChI=1S/C16H11N5O2/c22-21(23)11-6-7-12-14(8-11)18-16(17-12)15-9-13(19-20-15)10-4-2-1-3-5-10/h1-9H,(H,17,18)(H,19,20). The topological polar surface area (TPSA) is 100 Å². The van der Waals surface area contributed by atoms with E-state index < -0.39 is 4.92 Å². The van der Waals surface area contributed by atoms with Gasteiger partial charge in [0.2, 0.25) is 0 Å². The van der Waals surface area contributed by atoms with E-state index in [1.165, 1.54) is 12.1 Å². The molecule has 112 valence electrons. The summed E-state index contributed by atoms with van der Waals surface area (Å²) >= 11 is 0. The molecule has 0 aliphatic carbocycles. The van der Waals surface area contributed by atoms with E-state index in [1.54, 1.807) is 6.07 Å². The van der Waals surface area contributed by atoms with Crippen LogP contribution in [0.25, 0.3) is 33.8 Å². The first-order valence-corrected chi connectivity index (χ1v) is 6.96. The minimum atomic E-state index is -0.427. The van der Waals surface area contributed by atoms with Crippen molar-refractivity contribution in [1.29, 1.82) is 0 Å². The van der Waals surface area contributed by atoms with E-state index in [0.717, 1.165) is 17.0 Å². The fourth-order valence-corrected chi connectivity index (χ4v) is 2.44. The van der Waals surface area contributed by atoms with Crippen molar-refractivity contribution in [1.82, 2.24) is 20.2 Å². The molecule has 0 saturated carbocycles. The number of hydrogen-bond acceptors (Lipinski definition) is 4. The Morgan fingerprint density at radius 2 is 1.87 bits per heavy atom. The number of fused-ring (bicyclic) bond motifs is 1. The van der Waals surface area contributed by atoms with Crippen LogP contribution in [0.5, 0.6) is 0 Å². The largest absolute Gasteiger partial charge is 0.336 e. The van der Waals surface area contributed by atoms with Gasteiger partial charge in [0.15, 0.2) is 5.82 Å². The molecule has 0 spiro atoms. The fourth-order valence-electron chi connectivity index (χ4n) is 2.44. The molecule has 2 heterocycles. The van der Waals surface area contributed by atoms with Crippen LogP contribution in [-0.4, -0.2) is 25.1 Å². The Hall–Kier alpha value is -3.48. The van der Waals surface area contributed by atoms with Crippen molar-refractivity contribution < 1.29 is 4.92 Å². The highest BCUT2D eigenvalue weighted by molar-refractivity contribution is 5.81. The van der Waals surface area contributed by atoms with Crippen molar-refractivity contribution in [3.8, 4) is 22.8 Å². The molecule has 2 aromatic heterocycles. The lowest BCUT2D eigenvalue weighted by Gasteiger charge is -1.92. The minimum Gasteiger partial charge on any atom is -0.336 e. The molecule has 0 aliphatic rings. The zero-order valence-electron chi connectivity index (χ0n) is 11.9. The number of nitrogens with one attached hydrogen (secondary N) is 2. The molecule has 4 rings (SSSR count). The Bertz CT molecular complexity index is 1000. The molecule has 0 fully saturated rings. The minimum absolute atomic E-state index is 0.0299. The molecular formula is C16H11N5O2. The first-order chi connectivity index (χ1) is 11.2. The Labute approximate surface area is 130 Å². The Morgan fingerprint density at radius 1 is 1.04 bits per heavy atom. The van der Waals surface area contributed by atoms with E-state index in [-0.39, 0.29) is 5.69 Å². The van der Waals surface area contributed by atoms with E-state index in [4.69, 9.17) is 0 Å². The predicted molar refractivity (Wildman–Crippen MR) is 85.8 cm³/mol. The number of aromatic amines is 2. The molecule has 0 atom stereocenters. The first-order valence-electron chi connectivity index (χ1n) is 6.96. The van der Waals surface area contributed by atoms with Crippen LogP contribution in [0.2, 0.25) is 0 Å². The van der Waals surface area contributed by atoms with Gasteiger partial charge in [-0.3, -0.25) is 15.2 Å². The van der Waals surface area contributed by atoms with Crippen molar-refractivity contribution in [3.05, 3.63) is 64.7 Å². The Morgan fingerprint density at radius 3 is 2.65 bits per heavy atom. The summed E-state index contributed by atoms with van der Waals surface area (Å²) in [6, 6.07) is 16.2. The molecule has 23 heavy (non-hydrogen) atoms. The van der Waals surface area contributed by atoms with Crippen LogP contribution >= 0.6 is 0 Å². The molecule has 0 bridgehead atoms. The molecule has 7 nitrogen and oxygen atoms in total. The third-order valence-corrected chi connectivity index (χ3v) is 3.58. The van der Waals surface area contributed by atoms with Gasteiger partial charge in [0, 0.05) is 17.7 Å². The van der Waals surface area contributed by atoms with Gasteiger partial charge in [-0.25, -0.2) is 4.98 Å². The quantitative estimate of drug-likeness (QED) is 0.446. The van der Waals surface area contributed by atoms with Gasteiger partial charge in [-0.2, -0.15) is 5.10 Å². The number of hydrogen-bond donors (Lipinski definition) is 2. The summed E-state index contributed by atoms with van der Waals surface area (Å²) < 4.78 is 0. The monoisotopic (exact) mass is 305 g/mol. The van der Waals surface area contributed by atoms with Crippen molar-refractivity contribution in [2.75, 3.05) is 0 Å². The molecule has 0 aliphatic heterocycles. The summed E-state index contributed by atoms with van der Waals surface area (Å²) in [5.74, 6) is 0.593. The summed E-state index contributed by atoms with van der Waals surface area (Å²) in [4.78, 5) is 17.9. The third-order valence-electron chi connectivity index (χ3n) is 3.58. The maximum absolute atomic E-state index is 10.8. The normalized spacial score (nSPS) is 11.0. The van der Waals surface area contributed by atoms with E-state index in [0.29, 0.717) is 16.9 Å². The van der Waals surface area contributed by atoms with Crippen LogP contribution in [-0.2, 0) is 0 Å². The van der Waals surface area contributed by atoms with Crippen LogP contribution in [0.15, 0.2) is 54.6 Å². The zero-order valence-corrected chi connectivity index (χ0v) is 11.9. The van der Waals surface area contributed by atoms with E-state index in [9.17, 15) is 10.1 Å². The number of aromatic nitrogens is 4. The number of nitro groups is 1. The highest BCUT2D eigenvalue weighted by Crippen LogP contribution is 2.25. The molecular weight excluding hydrogens is 294 g/mol. The number of imidazole rings is 1. The number of non-ortho nitro benzene ring substituents is 1. The highest BCUT2D eigenvalue weighted by Gasteiger charge is 2.12. The first kappa shape index (κ1) is 13.2. The second kappa shape index (κ2) is 5.06. The highest BCUT2D eigenvalue weighted by atomic mass is 16.6. The van der Waals surface area contributed by atoms with Crippen molar-refractivity contribution in [3.63, 3.8) is 0 Å². The van der Waals surface area contributed by atoms with Crippen LogP contribution in [0.1, 0.15) is 0 Å². The zero-order chi connectivity index (χ0) is 15.8. The Kier molecular flexibility index (Phi) is 2.90. The number of rotatable bonds is 3. The third kappa shape index (κ3) is 2.34. The molecule has 2 aromatic carbocycles. The number of H-pyrrole nitrogens is 2. The maximum atomic E-state index is 10.8. The summed E-state index contributed by atoms with van der Waals surface area (Å²) in [6.07, 6.45) is 0. The van der Waals surface area contributed by atoms with Crippen LogP contribution in [0, 0.1) is 10.1 Å². The van der Waals surface area contributed by atoms with Crippen molar-refractivity contribution >= 4 is 16.7 Å². The average Bonchev–Trinajstić information content (AvgIpc) is 3.21. The lowest BCUT2D eigenvalue weighted by atomic mass is 10.1. The van der Waals surface area contributed by atoms with Crippen LogP contribution < -0.4 is 0 Å². The lowest BCUT2D eigenvalue weighted by molar-refractivity contribution is -0.384. The predicted octanol–water partition coefficient (Wildman–Crippen LogP) is 3.53. The van der Waals surface area contributed by atoms with Crippen LogP contribution in [0.3, 0.4) is 0 Å². The van der Waals surface area contributed by atoms with Gasteiger partial charge in [0.05, 0.1) is 21.7 Å². The van der Waals surface area contributed by atoms with Gasteiger partial charge in [0.1, 0.15) is 5.69 Å². The molecule has 2 N–H and O–H groups in total. The molecule has 0 amide bonds. The molecule has 0 unspecified atom stereocenters. The van der Waals surface area contributed by atoms with Gasteiger partial charge in [-0.1, -0.05) is 30.3 Å². The van der Waals surface area contributed by atoms with E-state index in [2.05, 4.69) is 20.2 Å². The van der Waals surface area contributed by atoms with Gasteiger partial charge >= 0.3 is 0 Å². The smallest absolute Gasteiger partial charge is 0.271 e. The van der Waals surface area contributed by atoms with Gasteiger partial charge in [-0.05, 0) is 12.1 Å². The fraction of sp³-hybridized carbons (Fsp3) is 0. The van der Waals surface area contributed by atoms with E-state index >= 15 is 0 Å². The van der Waals surface area contributed by atoms with Crippen molar-refractivity contribution in [2.24, 2.45) is 0 Å². The Balaban J connectivity index is 1.75. The maximum Gasteiger partial charge on any atom is 0.271 e. The molecule has 4 aromatic rings. The number of nitrogens with zero attached hydrogens (tertiary/aromatic N) is 3. The molecule has 7 heteroatoms. The summed E-state index contributed by atoms with van der Waals surface area (Å²) in [6.45, 7) is 0. The average molecular weight is 305 g/mol. The van der Waals surface area contributed by atoms with Crippen LogP contribution in [0.4, 0.5) is 5.69 Å².